The van der Waals surface area contributed by atoms with E-state index in [1.165, 1.54) is 18.4 Å². The molecule has 2 aromatic carbocycles. The largest absolute Gasteiger partial charge is 0.398 e. The smallest absolute Gasteiger partial charge is 0.315 e. The number of carbonyl (C=O) groups excluding carboxylic acids is 2. The molecule has 7 heteroatoms. The lowest BCUT2D eigenvalue weighted by Crippen LogP contribution is -2.29. The van der Waals surface area contributed by atoms with Crippen LogP contribution in [0.3, 0.4) is 0 Å². The Morgan fingerprint density at radius 2 is 1.73 bits per heavy atom. The highest BCUT2D eigenvalue weighted by molar-refractivity contribution is 6.43. The zero-order chi connectivity index (χ0) is 22.9. The first-order chi connectivity index (χ1) is 16.0. The fraction of sp³-hybridized carbons (Fsp3) is 0.154. The lowest BCUT2D eigenvalue weighted by molar-refractivity contribution is -0.133. The summed E-state index contributed by atoms with van der Waals surface area (Å²) >= 11 is 0. The molecule has 0 aliphatic heterocycles. The minimum absolute atomic E-state index is 0.270. The van der Waals surface area contributed by atoms with Crippen molar-refractivity contribution in [3.63, 3.8) is 0 Å². The van der Waals surface area contributed by atoms with E-state index in [1.807, 2.05) is 49.4 Å². The molecule has 1 aliphatic carbocycles. The van der Waals surface area contributed by atoms with Gasteiger partial charge in [0.15, 0.2) is 0 Å². The summed E-state index contributed by atoms with van der Waals surface area (Å²) in [6.07, 6.45) is 7.55. The third-order valence-electron chi connectivity index (χ3n) is 5.88. The molecule has 0 bridgehead atoms. The number of aromatic nitrogens is 2. The number of nitrogens with two attached hydrogens (primary N) is 1. The maximum atomic E-state index is 12.4. The number of hydrogen-bond donors (Lipinski definition) is 3. The van der Waals surface area contributed by atoms with Crippen LogP contribution in [0.1, 0.15) is 29.9 Å². The fourth-order valence-electron chi connectivity index (χ4n) is 3.89. The van der Waals surface area contributed by atoms with Crippen molar-refractivity contribution in [3.05, 3.63) is 78.2 Å². The van der Waals surface area contributed by atoms with E-state index >= 15 is 0 Å². The van der Waals surface area contributed by atoms with Gasteiger partial charge in [-0.1, -0.05) is 12.1 Å². The highest BCUT2D eigenvalue weighted by atomic mass is 16.2. The Morgan fingerprint density at radius 3 is 2.45 bits per heavy atom. The molecule has 7 nitrogen and oxygen atoms in total. The highest BCUT2D eigenvalue weighted by Crippen LogP contribution is 2.40. The van der Waals surface area contributed by atoms with Gasteiger partial charge in [-0.15, -0.1) is 0 Å². The number of carbonyl (C=O) groups is 2. The van der Waals surface area contributed by atoms with E-state index in [0.717, 1.165) is 27.5 Å². The normalized spacial score (nSPS) is 13.0. The molecule has 0 atom stereocenters. The Kier molecular flexibility index (Phi) is 5.22. The van der Waals surface area contributed by atoms with Crippen molar-refractivity contribution in [2.45, 2.75) is 25.7 Å². The molecule has 1 fully saturated rings. The van der Waals surface area contributed by atoms with Gasteiger partial charge in [0.25, 0.3) is 0 Å². The molecule has 0 radical (unpaired) electrons. The third-order valence-corrected chi connectivity index (χ3v) is 5.88. The molecule has 2 amide bonds. The number of nitrogens with one attached hydrogen (secondary N) is 2. The Balaban J connectivity index is 1.34. The second-order valence-corrected chi connectivity index (χ2v) is 8.35. The summed E-state index contributed by atoms with van der Waals surface area (Å²) in [6, 6.07) is 15.1. The van der Waals surface area contributed by atoms with Crippen molar-refractivity contribution in [1.29, 1.82) is 0 Å². The van der Waals surface area contributed by atoms with Gasteiger partial charge in [0.2, 0.25) is 0 Å². The first-order valence-electron chi connectivity index (χ1n) is 10.8. The summed E-state index contributed by atoms with van der Waals surface area (Å²) in [6.45, 7) is 2.01. The van der Waals surface area contributed by atoms with Crippen molar-refractivity contribution in [2.24, 2.45) is 0 Å². The van der Waals surface area contributed by atoms with E-state index in [9.17, 15) is 9.59 Å². The molecular weight excluding hydrogens is 414 g/mol. The van der Waals surface area contributed by atoms with Gasteiger partial charge in [-0.3, -0.25) is 14.6 Å². The quantitative estimate of drug-likeness (QED) is 0.318. The number of nitrogens with zero attached hydrogens (tertiary/aromatic N) is 2. The van der Waals surface area contributed by atoms with Crippen LogP contribution in [-0.4, -0.2) is 21.8 Å². The van der Waals surface area contributed by atoms with Crippen LogP contribution >= 0.6 is 0 Å². The van der Waals surface area contributed by atoms with Gasteiger partial charge < -0.3 is 16.4 Å². The highest BCUT2D eigenvalue weighted by Gasteiger charge is 2.23. The van der Waals surface area contributed by atoms with Gasteiger partial charge in [0.1, 0.15) is 5.82 Å². The average molecular weight is 438 g/mol. The minimum Gasteiger partial charge on any atom is -0.398 e. The number of benzene rings is 2. The summed E-state index contributed by atoms with van der Waals surface area (Å²) in [5.74, 6) is -0.643. The molecule has 0 spiro atoms. The summed E-state index contributed by atoms with van der Waals surface area (Å²) in [5, 5.41) is 6.76. The maximum Gasteiger partial charge on any atom is 0.315 e. The van der Waals surface area contributed by atoms with Crippen LogP contribution in [0.15, 0.2) is 67.1 Å². The Labute approximate surface area is 191 Å². The molecule has 0 saturated heterocycles. The van der Waals surface area contributed by atoms with Crippen LogP contribution in [0.2, 0.25) is 0 Å². The third kappa shape index (κ3) is 4.39. The van der Waals surface area contributed by atoms with Gasteiger partial charge in [-0.25, -0.2) is 4.98 Å². The molecule has 4 aromatic rings. The van der Waals surface area contributed by atoms with Gasteiger partial charge in [-0.05, 0) is 84.2 Å². The lowest BCUT2D eigenvalue weighted by Gasteiger charge is -2.11. The molecule has 1 aliphatic rings. The summed E-state index contributed by atoms with van der Waals surface area (Å²) in [7, 11) is 0. The number of nitrogen functional groups attached to an aromatic ring is 1. The molecular formula is C26H23N5O2. The van der Waals surface area contributed by atoms with Crippen LogP contribution in [0, 0.1) is 6.92 Å². The predicted molar refractivity (Wildman–Crippen MR) is 130 cm³/mol. The molecule has 0 unspecified atom stereocenters. The van der Waals surface area contributed by atoms with Gasteiger partial charge in [0, 0.05) is 40.9 Å². The van der Waals surface area contributed by atoms with Crippen molar-refractivity contribution >= 4 is 39.8 Å². The maximum absolute atomic E-state index is 12.4. The lowest BCUT2D eigenvalue weighted by atomic mass is 9.99. The number of amides is 2. The molecule has 4 N–H and O–H groups in total. The van der Waals surface area contributed by atoms with Crippen LogP contribution in [0.25, 0.3) is 21.9 Å². The molecule has 2 heterocycles. The molecule has 33 heavy (non-hydrogen) atoms. The Bertz CT molecular complexity index is 1380. The SMILES string of the molecule is Cc1ccncc1-c1cc(N)c2cnc(NC(=O)C(=O)Nc3ccc(C4CC4)cc3)cc2c1. The molecule has 1 saturated carbocycles. The number of anilines is 3. The standard InChI is InChI=1S/C26H23N5O2/c1-15-8-9-28-13-21(15)18-10-19-12-24(29-14-22(19)23(27)11-18)31-26(33)25(32)30-20-6-4-17(5-7-20)16-2-3-16/h4-14,16H,2-3,27H2,1H3,(H,30,32)(H,29,31,33). The van der Waals surface area contributed by atoms with Crippen molar-refractivity contribution in [3.8, 4) is 11.1 Å². The minimum atomic E-state index is -0.791. The predicted octanol–water partition coefficient (Wildman–Crippen LogP) is 4.64. The topological polar surface area (TPSA) is 110 Å². The van der Waals surface area contributed by atoms with E-state index in [1.54, 1.807) is 24.7 Å². The van der Waals surface area contributed by atoms with E-state index < -0.39 is 11.8 Å². The van der Waals surface area contributed by atoms with Gasteiger partial charge in [0.05, 0.1) is 0 Å². The van der Waals surface area contributed by atoms with Crippen molar-refractivity contribution in [1.82, 2.24) is 9.97 Å². The molecule has 2 aromatic heterocycles. The number of pyridine rings is 2. The summed E-state index contributed by atoms with van der Waals surface area (Å²) in [5.41, 5.74) is 11.6. The van der Waals surface area contributed by atoms with Crippen LogP contribution in [0.4, 0.5) is 17.2 Å². The van der Waals surface area contributed by atoms with Crippen molar-refractivity contribution < 1.29 is 9.59 Å². The number of hydrogen-bond acceptors (Lipinski definition) is 5. The van der Waals surface area contributed by atoms with E-state index in [-0.39, 0.29) is 5.82 Å². The molecule has 164 valence electrons. The average Bonchev–Trinajstić information content (AvgIpc) is 3.65. The number of fused-ring (bicyclic) bond motifs is 1. The second kappa shape index (κ2) is 8.35. The number of rotatable bonds is 4. The van der Waals surface area contributed by atoms with Crippen molar-refractivity contribution in [2.75, 3.05) is 16.4 Å². The first kappa shape index (κ1) is 20.6. The fourth-order valence-corrected chi connectivity index (χ4v) is 3.89. The number of aryl methyl sites for hydroxylation is 1. The van der Waals surface area contributed by atoms with E-state index in [2.05, 4.69) is 20.6 Å². The Hall–Kier alpha value is -4.26. The van der Waals surface area contributed by atoms with Crippen LogP contribution < -0.4 is 16.4 Å². The zero-order valence-corrected chi connectivity index (χ0v) is 18.1. The van der Waals surface area contributed by atoms with Crippen LogP contribution in [-0.2, 0) is 9.59 Å². The van der Waals surface area contributed by atoms with Crippen LogP contribution in [0.5, 0.6) is 0 Å². The molecule has 5 rings (SSSR count). The van der Waals surface area contributed by atoms with E-state index in [4.69, 9.17) is 5.73 Å². The van der Waals surface area contributed by atoms with Gasteiger partial charge >= 0.3 is 11.8 Å². The zero-order valence-electron chi connectivity index (χ0n) is 18.1. The monoisotopic (exact) mass is 437 g/mol. The van der Waals surface area contributed by atoms with E-state index in [0.29, 0.717) is 17.3 Å². The van der Waals surface area contributed by atoms with Gasteiger partial charge in [-0.2, -0.15) is 0 Å². The summed E-state index contributed by atoms with van der Waals surface area (Å²) in [4.78, 5) is 33.3. The Morgan fingerprint density at radius 1 is 0.970 bits per heavy atom. The first-order valence-corrected chi connectivity index (χ1v) is 10.8. The summed E-state index contributed by atoms with van der Waals surface area (Å²) < 4.78 is 0. The second-order valence-electron chi connectivity index (χ2n) is 8.35.